The van der Waals surface area contributed by atoms with E-state index in [0.29, 0.717) is 12.1 Å². The van der Waals surface area contributed by atoms with Crippen molar-refractivity contribution in [1.82, 2.24) is 4.98 Å². The van der Waals surface area contributed by atoms with Gasteiger partial charge in [-0.15, -0.1) is 11.3 Å². The first-order chi connectivity index (χ1) is 9.28. The van der Waals surface area contributed by atoms with Gasteiger partial charge in [0.05, 0.1) is 11.8 Å². The van der Waals surface area contributed by atoms with Crippen molar-refractivity contribution in [3.8, 4) is 0 Å². The molecule has 2 rings (SSSR count). The summed E-state index contributed by atoms with van der Waals surface area (Å²) in [4.78, 5) is 4.48. The molecular formula is C14H25N3OS. The lowest BCUT2D eigenvalue weighted by molar-refractivity contribution is 0.0251. The molecule has 1 aromatic heterocycles. The monoisotopic (exact) mass is 283 g/mol. The van der Waals surface area contributed by atoms with Crippen molar-refractivity contribution >= 4 is 16.5 Å². The minimum Gasteiger partial charge on any atom is -0.378 e. The number of nitrogens with one attached hydrogen (secondary N) is 1. The summed E-state index contributed by atoms with van der Waals surface area (Å²) in [5.74, 6) is 0. The van der Waals surface area contributed by atoms with Gasteiger partial charge < -0.3 is 15.8 Å². The first kappa shape index (κ1) is 14.8. The van der Waals surface area contributed by atoms with Crippen LogP contribution in [0.2, 0.25) is 0 Å². The molecule has 19 heavy (non-hydrogen) atoms. The lowest BCUT2D eigenvalue weighted by atomic mass is 9.94. The van der Waals surface area contributed by atoms with Gasteiger partial charge in [-0.1, -0.05) is 6.92 Å². The first-order valence-corrected chi connectivity index (χ1v) is 8.21. The summed E-state index contributed by atoms with van der Waals surface area (Å²) >= 11 is 1.68. The molecule has 0 atom stereocenters. The summed E-state index contributed by atoms with van der Waals surface area (Å²) < 4.78 is 5.88. The number of hydrogen-bond acceptors (Lipinski definition) is 5. The molecule has 1 fully saturated rings. The molecule has 1 heterocycles. The Kier molecular flexibility index (Phi) is 6.07. The summed E-state index contributed by atoms with van der Waals surface area (Å²) in [5, 5.41) is 6.49. The van der Waals surface area contributed by atoms with E-state index in [2.05, 4.69) is 22.6 Å². The van der Waals surface area contributed by atoms with Crippen LogP contribution in [0.1, 0.15) is 44.7 Å². The third kappa shape index (κ3) is 5.09. The SMILES string of the molecule is CCc1csc(NCCCOC2CCC(N)CC2)n1. The Balaban J connectivity index is 1.52. The second-order valence-corrected chi connectivity index (χ2v) is 6.04. The van der Waals surface area contributed by atoms with Crippen molar-refractivity contribution < 1.29 is 4.74 Å². The van der Waals surface area contributed by atoms with Crippen molar-refractivity contribution in [2.24, 2.45) is 5.73 Å². The summed E-state index contributed by atoms with van der Waals surface area (Å²) in [6.07, 6.45) is 6.95. The molecule has 108 valence electrons. The van der Waals surface area contributed by atoms with E-state index in [1.807, 2.05) is 0 Å². The number of thiazole rings is 1. The Morgan fingerprint density at radius 2 is 2.21 bits per heavy atom. The average Bonchev–Trinajstić information content (AvgIpc) is 2.88. The fourth-order valence-corrected chi connectivity index (χ4v) is 3.15. The molecule has 1 aromatic rings. The molecule has 0 spiro atoms. The molecule has 0 aliphatic heterocycles. The number of aryl methyl sites for hydroxylation is 1. The average molecular weight is 283 g/mol. The fraction of sp³-hybridized carbons (Fsp3) is 0.786. The zero-order valence-electron chi connectivity index (χ0n) is 11.7. The van der Waals surface area contributed by atoms with Gasteiger partial charge in [0.2, 0.25) is 0 Å². The van der Waals surface area contributed by atoms with E-state index < -0.39 is 0 Å². The summed E-state index contributed by atoms with van der Waals surface area (Å²) in [6.45, 7) is 3.89. The molecule has 0 bridgehead atoms. The third-order valence-corrected chi connectivity index (χ3v) is 4.43. The van der Waals surface area contributed by atoms with Gasteiger partial charge >= 0.3 is 0 Å². The number of hydrogen-bond donors (Lipinski definition) is 2. The molecule has 0 unspecified atom stereocenters. The van der Waals surface area contributed by atoms with Crippen LogP contribution in [0, 0.1) is 0 Å². The molecule has 0 aromatic carbocycles. The molecule has 3 N–H and O–H groups in total. The minimum atomic E-state index is 0.402. The van der Waals surface area contributed by atoms with Crippen LogP contribution in [-0.2, 0) is 11.2 Å². The smallest absolute Gasteiger partial charge is 0.182 e. The number of nitrogens with two attached hydrogens (primary N) is 1. The highest BCUT2D eigenvalue weighted by Crippen LogP contribution is 2.20. The van der Waals surface area contributed by atoms with E-state index in [4.69, 9.17) is 10.5 Å². The van der Waals surface area contributed by atoms with Crippen LogP contribution in [0.25, 0.3) is 0 Å². The fourth-order valence-electron chi connectivity index (χ4n) is 2.32. The van der Waals surface area contributed by atoms with Crippen molar-refractivity contribution in [3.63, 3.8) is 0 Å². The first-order valence-electron chi connectivity index (χ1n) is 7.33. The lowest BCUT2D eigenvalue weighted by Gasteiger charge is -2.26. The number of ether oxygens (including phenoxy) is 1. The zero-order chi connectivity index (χ0) is 13.5. The van der Waals surface area contributed by atoms with Gasteiger partial charge in [-0.2, -0.15) is 0 Å². The number of aromatic nitrogens is 1. The van der Waals surface area contributed by atoms with E-state index in [1.54, 1.807) is 11.3 Å². The third-order valence-electron chi connectivity index (χ3n) is 3.58. The topological polar surface area (TPSA) is 60.2 Å². The number of anilines is 1. The molecular weight excluding hydrogens is 258 g/mol. The minimum absolute atomic E-state index is 0.402. The molecule has 5 heteroatoms. The highest BCUT2D eigenvalue weighted by Gasteiger charge is 2.18. The van der Waals surface area contributed by atoms with Crippen LogP contribution < -0.4 is 11.1 Å². The highest BCUT2D eigenvalue weighted by atomic mass is 32.1. The van der Waals surface area contributed by atoms with Gasteiger partial charge in [0.25, 0.3) is 0 Å². The summed E-state index contributed by atoms with van der Waals surface area (Å²) in [5.41, 5.74) is 7.05. The lowest BCUT2D eigenvalue weighted by Crippen LogP contribution is -2.30. The van der Waals surface area contributed by atoms with Crippen LogP contribution >= 0.6 is 11.3 Å². The van der Waals surface area contributed by atoms with Gasteiger partial charge in [0, 0.05) is 24.6 Å². The highest BCUT2D eigenvalue weighted by molar-refractivity contribution is 7.13. The van der Waals surface area contributed by atoms with Crippen LogP contribution in [-0.4, -0.2) is 30.3 Å². The van der Waals surface area contributed by atoms with Gasteiger partial charge in [-0.05, 0) is 38.5 Å². The number of rotatable bonds is 7. The van der Waals surface area contributed by atoms with E-state index in [9.17, 15) is 0 Å². The van der Waals surface area contributed by atoms with Gasteiger partial charge in [0.1, 0.15) is 0 Å². The van der Waals surface area contributed by atoms with Crippen molar-refractivity contribution in [3.05, 3.63) is 11.1 Å². The molecule has 0 amide bonds. The summed E-state index contributed by atoms with van der Waals surface area (Å²) in [7, 11) is 0. The van der Waals surface area contributed by atoms with Crippen molar-refractivity contribution in [2.75, 3.05) is 18.5 Å². The van der Waals surface area contributed by atoms with Crippen LogP contribution in [0.5, 0.6) is 0 Å². The van der Waals surface area contributed by atoms with E-state index in [0.717, 1.165) is 56.8 Å². The van der Waals surface area contributed by atoms with E-state index in [1.165, 1.54) is 5.69 Å². The van der Waals surface area contributed by atoms with Gasteiger partial charge in [-0.25, -0.2) is 4.98 Å². The Labute approximate surface area is 119 Å². The maximum absolute atomic E-state index is 5.88. The van der Waals surface area contributed by atoms with E-state index >= 15 is 0 Å². The standard InChI is InChI=1S/C14H25N3OS/c1-2-12-10-19-14(17-12)16-8-3-9-18-13-6-4-11(15)5-7-13/h10-11,13H,2-9,15H2,1H3,(H,16,17). The van der Waals surface area contributed by atoms with E-state index in [-0.39, 0.29) is 0 Å². The maximum Gasteiger partial charge on any atom is 0.182 e. The largest absolute Gasteiger partial charge is 0.378 e. The number of nitrogens with zero attached hydrogens (tertiary/aromatic N) is 1. The predicted octanol–water partition coefficient (Wildman–Crippen LogP) is 2.79. The van der Waals surface area contributed by atoms with Gasteiger partial charge in [-0.3, -0.25) is 0 Å². The Bertz CT molecular complexity index is 361. The molecule has 0 radical (unpaired) electrons. The maximum atomic E-state index is 5.88. The second-order valence-electron chi connectivity index (χ2n) is 5.19. The molecule has 1 aliphatic carbocycles. The predicted molar refractivity (Wildman–Crippen MR) is 80.8 cm³/mol. The van der Waals surface area contributed by atoms with Gasteiger partial charge in [0.15, 0.2) is 5.13 Å². The Hall–Kier alpha value is -0.650. The molecule has 0 saturated heterocycles. The molecule has 1 saturated carbocycles. The van der Waals surface area contributed by atoms with Crippen LogP contribution in [0.4, 0.5) is 5.13 Å². The molecule has 1 aliphatic rings. The van der Waals surface area contributed by atoms with Crippen LogP contribution in [0.15, 0.2) is 5.38 Å². The Morgan fingerprint density at radius 3 is 2.89 bits per heavy atom. The van der Waals surface area contributed by atoms with Crippen LogP contribution in [0.3, 0.4) is 0 Å². The Morgan fingerprint density at radius 1 is 1.42 bits per heavy atom. The zero-order valence-corrected chi connectivity index (χ0v) is 12.5. The summed E-state index contributed by atoms with van der Waals surface area (Å²) in [6, 6.07) is 0.402. The normalized spacial score (nSPS) is 23.5. The molecule has 4 nitrogen and oxygen atoms in total. The second kappa shape index (κ2) is 7.82. The van der Waals surface area contributed by atoms with Crippen molar-refractivity contribution in [1.29, 1.82) is 0 Å². The quantitative estimate of drug-likeness (QED) is 0.755. The van der Waals surface area contributed by atoms with Crippen molar-refractivity contribution in [2.45, 2.75) is 57.6 Å².